The molecule has 0 aliphatic carbocycles. The van der Waals surface area contributed by atoms with Crippen molar-refractivity contribution in [1.82, 2.24) is 15.1 Å². The molecule has 0 spiro atoms. The molecule has 0 radical (unpaired) electrons. The topological polar surface area (TPSA) is 46.9 Å². The number of aromatic nitrogens is 2. The molecular formula is C16H20ClN3O. The molecule has 1 aromatic carbocycles. The first-order chi connectivity index (χ1) is 10.0. The number of hydrogen-bond acceptors (Lipinski definition) is 3. The highest BCUT2D eigenvalue weighted by Crippen LogP contribution is 2.19. The Bertz CT molecular complexity index is 694. The second-order valence-corrected chi connectivity index (χ2v) is 5.55. The van der Waals surface area contributed by atoms with Crippen LogP contribution in [0.2, 0.25) is 5.02 Å². The molecule has 1 N–H and O–H groups in total. The first kappa shape index (κ1) is 15.7. The predicted octanol–water partition coefficient (Wildman–Crippen LogP) is 3.00. The Kier molecular flexibility index (Phi) is 5.15. The van der Waals surface area contributed by atoms with Gasteiger partial charge in [-0.25, -0.2) is 4.68 Å². The van der Waals surface area contributed by atoms with Gasteiger partial charge in [-0.15, -0.1) is 0 Å². The Morgan fingerprint density at radius 1 is 1.29 bits per heavy atom. The fourth-order valence-electron chi connectivity index (χ4n) is 2.19. The van der Waals surface area contributed by atoms with E-state index in [0.29, 0.717) is 17.3 Å². The molecule has 0 fully saturated rings. The van der Waals surface area contributed by atoms with E-state index in [2.05, 4.69) is 17.3 Å². The Balaban J connectivity index is 2.43. The van der Waals surface area contributed by atoms with E-state index >= 15 is 0 Å². The molecule has 0 saturated carbocycles. The highest BCUT2D eigenvalue weighted by molar-refractivity contribution is 6.30. The minimum atomic E-state index is -0.0287. The lowest BCUT2D eigenvalue weighted by Gasteiger charge is -2.14. The van der Waals surface area contributed by atoms with Gasteiger partial charge in [-0.2, -0.15) is 5.10 Å². The predicted molar refractivity (Wildman–Crippen MR) is 86.3 cm³/mol. The van der Waals surface area contributed by atoms with E-state index in [-0.39, 0.29) is 5.43 Å². The summed E-state index contributed by atoms with van der Waals surface area (Å²) in [4.78, 5) is 12.0. The first-order valence-corrected chi connectivity index (χ1v) is 7.48. The number of nitrogens with one attached hydrogen (secondary N) is 1. The second-order valence-electron chi connectivity index (χ2n) is 5.12. The SMILES string of the molecule is CCCNCc1nn(-c2ccc(Cl)cc2C)c(C)cc1=O. The quantitative estimate of drug-likeness (QED) is 0.864. The molecule has 112 valence electrons. The normalized spacial score (nSPS) is 10.9. The third-order valence-electron chi connectivity index (χ3n) is 3.29. The fourth-order valence-corrected chi connectivity index (χ4v) is 2.42. The van der Waals surface area contributed by atoms with E-state index in [9.17, 15) is 4.79 Å². The van der Waals surface area contributed by atoms with Gasteiger partial charge >= 0.3 is 0 Å². The molecule has 1 aromatic heterocycles. The molecule has 1 heterocycles. The van der Waals surface area contributed by atoms with Crippen molar-refractivity contribution in [2.75, 3.05) is 6.54 Å². The van der Waals surface area contributed by atoms with Gasteiger partial charge in [0, 0.05) is 23.3 Å². The lowest BCUT2D eigenvalue weighted by atomic mass is 10.2. The van der Waals surface area contributed by atoms with Crippen molar-refractivity contribution in [3.8, 4) is 5.69 Å². The zero-order valence-corrected chi connectivity index (χ0v) is 13.4. The summed E-state index contributed by atoms with van der Waals surface area (Å²) in [5.41, 5.74) is 3.27. The zero-order valence-electron chi connectivity index (χ0n) is 12.6. The van der Waals surface area contributed by atoms with E-state index in [4.69, 9.17) is 11.6 Å². The van der Waals surface area contributed by atoms with Gasteiger partial charge < -0.3 is 5.32 Å². The summed E-state index contributed by atoms with van der Waals surface area (Å²) < 4.78 is 1.80. The summed E-state index contributed by atoms with van der Waals surface area (Å²) in [6.07, 6.45) is 1.02. The van der Waals surface area contributed by atoms with Crippen LogP contribution < -0.4 is 10.7 Å². The van der Waals surface area contributed by atoms with E-state index < -0.39 is 0 Å². The maximum Gasteiger partial charge on any atom is 0.204 e. The lowest BCUT2D eigenvalue weighted by molar-refractivity contribution is 0.636. The van der Waals surface area contributed by atoms with Gasteiger partial charge in [0.25, 0.3) is 0 Å². The number of nitrogens with zero attached hydrogens (tertiary/aromatic N) is 2. The van der Waals surface area contributed by atoms with Crippen LogP contribution in [0.25, 0.3) is 5.69 Å². The monoisotopic (exact) mass is 305 g/mol. The van der Waals surface area contributed by atoms with Gasteiger partial charge in [0.1, 0.15) is 5.69 Å². The van der Waals surface area contributed by atoms with Crippen LogP contribution >= 0.6 is 11.6 Å². The van der Waals surface area contributed by atoms with Gasteiger partial charge in [-0.05, 0) is 50.6 Å². The molecule has 21 heavy (non-hydrogen) atoms. The summed E-state index contributed by atoms with van der Waals surface area (Å²) in [7, 11) is 0. The first-order valence-electron chi connectivity index (χ1n) is 7.10. The van der Waals surface area contributed by atoms with Gasteiger partial charge in [0.15, 0.2) is 0 Å². The zero-order chi connectivity index (χ0) is 15.4. The van der Waals surface area contributed by atoms with E-state index in [1.807, 2.05) is 32.0 Å². The molecule has 0 bridgehead atoms. The lowest BCUT2D eigenvalue weighted by Crippen LogP contribution is -2.25. The Hall–Kier alpha value is -1.65. The molecule has 0 amide bonds. The number of hydrogen-bond donors (Lipinski definition) is 1. The van der Waals surface area contributed by atoms with Crippen LogP contribution in [-0.4, -0.2) is 16.3 Å². The Labute approximate surface area is 129 Å². The third kappa shape index (κ3) is 3.71. The third-order valence-corrected chi connectivity index (χ3v) is 3.52. The smallest absolute Gasteiger partial charge is 0.204 e. The number of halogens is 1. The highest BCUT2D eigenvalue weighted by Gasteiger charge is 2.09. The van der Waals surface area contributed by atoms with Gasteiger partial charge in [-0.3, -0.25) is 4.79 Å². The number of benzene rings is 1. The molecule has 0 saturated heterocycles. The van der Waals surface area contributed by atoms with Crippen molar-refractivity contribution in [3.05, 3.63) is 56.5 Å². The molecule has 2 aromatic rings. The molecular weight excluding hydrogens is 286 g/mol. The molecule has 0 aliphatic heterocycles. The molecule has 4 nitrogen and oxygen atoms in total. The standard InChI is InChI=1S/C16H20ClN3O/c1-4-7-18-10-14-16(21)9-12(3)20(19-14)15-6-5-13(17)8-11(15)2/h5-6,8-9,18H,4,7,10H2,1-3H3. The molecule has 0 unspecified atom stereocenters. The summed E-state index contributed by atoms with van der Waals surface area (Å²) in [6.45, 7) is 7.31. The van der Waals surface area contributed by atoms with E-state index in [1.165, 1.54) is 0 Å². The average molecular weight is 306 g/mol. The average Bonchev–Trinajstić information content (AvgIpc) is 2.42. The fraction of sp³-hybridized carbons (Fsp3) is 0.375. The van der Waals surface area contributed by atoms with Gasteiger partial charge in [0.05, 0.1) is 5.69 Å². The van der Waals surface area contributed by atoms with Crippen LogP contribution in [0.4, 0.5) is 0 Å². The van der Waals surface area contributed by atoms with E-state index in [1.54, 1.807) is 10.7 Å². The molecule has 5 heteroatoms. The maximum absolute atomic E-state index is 12.0. The maximum atomic E-state index is 12.0. The number of rotatable bonds is 5. The Morgan fingerprint density at radius 2 is 2.05 bits per heavy atom. The van der Waals surface area contributed by atoms with Crippen LogP contribution in [-0.2, 0) is 6.54 Å². The van der Waals surface area contributed by atoms with Crippen molar-refractivity contribution in [2.45, 2.75) is 33.7 Å². The minimum absolute atomic E-state index is 0.0287. The van der Waals surface area contributed by atoms with Crippen LogP contribution in [0.15, 0.2) is 29.1 Å². The summed E-state index contributed by atoms with van der Waals surface area (Å²) in [6, 6.07) is 7.28. The van der Waals surface area contributed by atoms with Crippen molar-refractivity contribution >= 4 is 11.6 Å². The number of aryl methyl sites for hydroxylation is 2. The summed E-state index contributed by atoms with van der Waals surface area (Å²) in [5, 5.41) is 8.41. The molecule has 0 aliphatic rings. The van der Waals surface area contributed by atoms with Crippen molar-refractivity contribution in [3.63, 3.8) is 0 Å². The van der Waals surface area contributed by atoms with E-state index in [0.717, 1.165) is 29.9 Å². The van der Waals surface area contributed by atoms with Crippen LogP contribution in [0.1, 0.15) is 30.3 Å². The molecule has 0 atom stereocenters. The van der Waals surface area contributed by atoms with Crippen LogP contribution in [0, 0.1) is 13.8 Å². The summed E-state index contributed by atoms with van der Waals surface area (Å²) >= 11 is 6.00. The Morgan fingerprint density at radius 3 is 2.71 bits per heavy atom. The van der Waals surface area contributed by atoms with Crippen molar-refractivity contribution < 1.29 is 0 Å². The van der Waals surface area contributed by atoms with Crippen molar-refractivity contribution in [2.24, 2.45) is 0 Å². The van der Waals surface area contributed by atoms with Crippen LogP contribution in [0.5, 0.6) is 0 Å². The highest BCUT2D eigenvalue weighted by atomic mass is 35.5. The molecule has 2 rings (SSSR count). The van der Waals surface area contributed by atoms with Gasteiger partial charge in [0.2, 0.25) is 5.43 Å². The second kappa shape index (κ2) is 6.87. The van der Waals surface area contributed by atoms with Gasteiger partial charge in [-0.1, -0.05) is 18.5 Å². The summed E-state index contributed by atoms with van der Waals surface area (Å²) in [5.74, 6) is 0. The minimum Gasteiger partial charge on any atom is -0.311 e. The van der Waals surface area contributed by atoms with Crippen LogP contribution in [0.3, 0.4) is 0 Å². The largest absolute Gasteiger partial charge is 0.311 e. The van der Waals surface area contributed by atoms with Crippen molar-refractivity contribution in [1.29, 1.82) is 0 Å².